The van der Waals surface area contributed by atoms with E-state index in [9.17, 15) is 0 Å². The first-order chi connectivity index (χ1) is 10.8. The maximum Gasteiger partial charge on any atom is 0.170 e. The van der Waals surface area contributed by atoms with E-state index in [0.717, 1.165) is 0 Å². The average molecular weight is 311 g/mol. The first-order valence-electron chi connectivity index (χ1n) is 5.87. The number of azide groups is 1. The predicted molar refractivity (Wildman–Crippen MR) is 86.2 cm³/mol. The lowest BCUT2D eigenvalue weighted by Gasteiger charge is -1.98. The van der Waals surface area contributed by atoms with Gasteiger partial charge in [-0.05, 0) is 27.7 Å². The normalized spacial score (nSPS) is 9.64. The lowest BCUT2D eigenvalue weighted by molar-refractivity contribution is 1.55. The summed E-state index contributed by atoms with van der Waals surface area (Å²) < 4.78 is 0. The van der Waals surface area contributed by atoms with Crippen LogP contribution in [0.4, 0.5) is 0 Å². The predicted octanol–water partition coefficient (Wildman–Crippen LogP) is 6.50. The van der Waals surface area contributed by atoms with Crippen LogP contribution in [0.5, 0.6) is 0 Å². The van der Waals surface area contributed by atoms with Gasteiger partial charge in [-0.3, -0.25) is 0 Å². The Morgan fingerprint density at radius 2 is 0.909 bits per heavy atom. The van der Waals surface area contributed by atoms with Gasteiger partial charge in [-0.15, -0.1) is 0 Å². The molecule has 0 unspecified atom stereocenters. The van der Waals surface area contributed by atoms with E-state index in [4.69, 9.17) is 16.6 Å². The number of hydrogen-bond acceptors (Lipinski definition) is 3. The molecule has 0 amide bonds. The summed E-state index contributed by atoms with van der Waals surface area (Å²) in [5.41, 5.74) is 25.9. The third kappa shape index (κ3) is 6.30. The molecule has 2 rings (SSSR count). The minimum atomic E-state index is -1.94. The minimum absolute atomic E-state index is 1.28. The fraction of sp³-hybridized carbons (Fsp3) is 0. The minimum Gasteiger partial charge on any atom is -0.0622 e. The second-order valence-corrected chi connectivity index (χ2v) is 4.61. The lowest BCUT2D eigenvalue weighted by Crippen LogP contribution is -1.73. The van der Waals surface area contributed by atoms with Gasteiger partial charge in [-0.2, -0.15) is 0 Å². The molecule has 0 N–H and O–H groups in total. The van der Waals surface area contributed by atoms with E-state index in [1.165, 1.54) is 11.1 Å². The van der Waals surface area contributed by atoms with Crippen LogP contribution in [0.25, 0.3) is 42.5 Å². The molecule has 10 heteroatoms. The quantitative estimate of drug-likeness (QED) is 0.262. The van der Waals surface area contributed by atoms with Crippen LogP contribution in [0.3, 0.4) is 0 Å². The van der Waals surface area contributed by atoms with Crippen molar-refractivity contribution in [3.63, 3.8) is 0 Å². The van der Waals surface area contributed by atoms with Gasteiger partial charge in [-0.25, -0.2) is 0 Å². The Bertz CT molecular complexity index is 634. The molecule has 0 saturated heterocycles. The number of nitrogens with zero attached hydrogens (tertiary/aromatic N) is 9. The molecular weight excluding hydrogens is 301 g/mol. The highest BCUT2D eigenvalue weighted by molar-refractivity contribution is 7.52. The smallest absolute Gasteiger partial charge is 0.0622 e. The summed E-state index contributed by atoms with van der Waals surface area (Å²) in [6, 6.07) is 20.8. The van der Waals surface area contributed by atoms with Gasteiger partial charge in [0.05, 0.1) is 0 Å². The van der Waals surface area contributed by atoms with Crippen LogP contribution in [0.1, 0.15) is 0 Å². The van der Waals surface area contributed by atoms with Crippen LogP contribution < -0.4 is 0 Å². The van der Waals surface area contributed by atoms with Crippen molar-refractivity contribution in [1.29, 1.82) is 0 Å². The monoisotopic (exact) mass is 311 g/mol. The molecule has 0 bridgehead atoms. The van der Waals surface area contributed by atoms with E-state index in [0.29, 0.717) is 0 Å². The zero-order valence-electron chi connectivity index (χ0n) is 11.2. The molecule has 0 aliphatic heterocycles. The van der Waals surface area contributed by atoms with Crippen LogP contribution in [0, 0.1) is 0 Å². The molecule has 0 atom stereocenters. The topological polar surface area (TPSA) is 146 Å². The SMILES string of the molecule is [N-]=[N+]=NP(N=[N+]=[N-])N=[N+]=[N-].c1ccc(-c2ccccc2)cc1. The summed E-state index contributed by atoms with van der Waals surface area (Å²) in [4.78, 5) is 15.6. The Balaban J connectivity index is 0.000000225. The Kier molecular flexibility index (Phi) is 8.10. The summed E-state index contributed by atoms with van der Waals surface area (Å²) in [5.74, 6) is 0. The highest BCUT2D eigenvalue weighted by Crippen LogP contribution is 2.40. The third-order valence-electron chi connectivity index (χ3n) is 2.24. The van der Waals surface area contributed by atoms with Gasteiger partial charge >= 0.3 is 0 Å². The third-order valence-corrected chi connectivity index (χ3v) is 2.96. The molecule has 0 spiro atoms. The number of rotatable bonds is 4. The van der Waals surface area contributed by atoms with Gasteiger partial charge < -0.3 is 0 Å². The molecule has 0 radical (unpaired) electrons. The molecule has 0 fully saturated rings. The molecule has 0 aromatic heterocycles. The fourth-order valence-electron chi connectivity index (χ4n) is 1.42. The van der Waals surface area contributed by atoms with Crippen molar-refractivity contribution < 1.29 is 0 Å². The molecule has 0 saturated carbocycles. The van der Waals surface area contributed by atoms with Gasteiger partial charge in [0.2, 0.25) is 0 Å². The Labute approximate surface area is 127 Å². The van der Waals surface area contributed by atoms with E-state index >= 15 is 0 Å². The number of hydrogen-bond donors (Lipinski definition) is 0. The van der Waals surface area contributed by atoms with Crippen molar-refractivity contribution in [2.75, 3.05) is 0 Å². The van der Waals surface area contributed by atoms with Crippen LogP contribution in [0.2, 0.25) is 0 Å². The zero-order chi connectivity index (χ0) is 16.0. The largest absolute Gasteiger partial charge is 0.170 e. The Morgan fingerprint density at radius 3 is 1.18 bits per heavy atom. The standard InChI is InChI=1S/C12H10.N9P/c1-3-7-11(8-4-1)12-9-5-2-6-10-12;1-4-7-10(8-5-2)9-6-3/h1-10H;. The maximum atomic E-state index is 7.80. The van der Waals surface area contributed by atoms with Crippen molar-refractivity contribution in [3.8, 4) is 11.1 Å². The van der Waals surface area contributed by atoms with E-state index in [2.05, 4.69) is 77.9 Å². The average Bonchev–Trinajstić information content (AvgIpc) is 2.58. The summed E-state index contributed by atoms with van der Waals surface area (Å²) in [6.45, 7) is 0. The second-order valence-electron chi connectivity index (χ2n) is 3.54. The van der Waals surface area contributed by atoms with Crippen molar-refractivity contribution in [1.82, 2.24) is 0 Å². The van der Waals surface area contributed by atoms with Gasteiger partial charge in [0.25, 0.3) is 0 Å². The molecule has 0 aliphatic carbocycles. The van der Waals surface area contributed by atoms with Gasteiger partial charge in [-0.1, -0.05) is 75.3 Å². The second kappa shape index (κ2) is 10.6. The molecule has 9 nitrogen and oxygen atoms in total. The van der Waals surface area contributed by atoms with Gasteiger partial charge in [0, 0.05) is 14.7 Å². The Hall–Kier alpha value is -3.20. The summed E-state index contributed by atoms with van der Waals surface area (Å²) in [7, 11) is -1.94. The molecule has 22 heavy (non-hydrogen) atoms. The van der Waals surface area contributed by atoms with Crippen LogP contribution in [0.15, 0.2) is 75.3 Å². The molecule has 2 aromatic rings. The zero-order valence-corrected chi connectivity index (χ0v) is 12.1. The Morgan fingerprint density at radius 1 is 0.591 bits per heavy atom. The van der Waals surface area contributed by atoms with E-state index in [1.54, 1.807) is 0 Å². The first kappa shape index (κ1) is 16.9. The van der Waals surface area contributed by atoms with E-state index < -0.39 is 8.37 Å². The van der Waals surface area contributed by atoms with Crippen molar-refractivity contribution in [3.05, 3.63) is 92.0 Å². The highest BCUT2D eigenvalue weighted by atomic mass is 31.1. The lowest BCUT2D eigenvalue weighted by atomic mass is 10.1. The molecular formula is C12H10N9P. The van der Waals surface area contributed by atoms with Crippen molar-refractivity contribution >= 4 is 8.37 Å². The molecule has 0 heterocycles. The highest BCUT2D eigenvalue weighted by Gasteiger charge is 1.94. The van der Waals surface area contributed by atoms with E-state index in [1.807, 2.05) is 12.1 Å². The van der Waals surface area contributed by atoms with Gasteiger partial charge in [0.15, 0.2) is 8.37 Å². The fourth-order valence-corrected chi connectivity index (χ4v) is 1.74. The summed E-state index contributed by atoms with van der Waals surface area (Å²) in [6.07, 6.45) is 0. The molecule has 0 aliphatic rings. The molecule has 2 aromatic carbocycles. The van der Waals surface area contributed by atoms with Crippen molar-refractivity contribution in [2.45, 2.75) is 0 Å². The first-order valence-corrected chi connectivity index (χ1v) is 7.07. The maximum absolute atomic E-state index is 7.80. The van der Waals surface area contributed by atoms with Gasteiger partial charge in [0.1, 0.15) is 0 Å². The number of benzene rings is 2. The summed E-state index contributed by atoms with van der Waals surface area (Å²) in [5, 5.41) is 0. The van der Waals surface area contributed by atoms with Crippen molar-refractivity contribution in [2.24, 2.45) is 14.7 Å². The van der Waals surface area contributed by atoms with Crippen LogP contribution >= 0.6 is 8.37 Å². The van der Waals surface area contributed by atoms with Crippen LogP contribution in [-0.4, -0.2) is 0 Å². The van der Waals surface area contributed by atoms with E-state index in [-0.39, 0.29) is 0 Å². The van der Waals surface area contributed by atoms with Crippen LogP contribution in [-0.2, 0) is 0 Å². The summed E-state index contributed by atoms with van der Waals surface area (Å²) >= 11 is 0. The molecule has 108 valence electrons.